The van der Waals surface area contributed by atoms with Gasteiger partial charge in [0.1, 0.15) is 5.69 Å². The fraction of sp³-hybridized carbons (Fsp3) is 0.444. The molecule has 1 saturated heterocycles. The van der Waals surface area contributed by atoms with Crippen LogP contribution in [0.3, 0.4) is 0 Å². The first kappa shape index (κ1) is 10.2. The van der Waals surface area contributed by atoms with Crippen molar-refractivity contribution in [3.8, 4) is 0 Å². The van der Waals surface area contributed by atoms with Gasteiger partial charge in [-0.25, -0.2) is 0 Å². The van der Waals surface area contributed by atoms with Gasteiger partial charge < -0.3 is 4.90 Å². The van der Waals surface area contributed by atoms with Gasteiger partial charge in [0.2, 0.25) is 11.6 Å². The maximum Gasteiger partial charge on any atom is 0.253 e. The van der Waals surface area contributed by atoms with Crippen molar-refractivity contribution < 1.29 is 17.6 Å². The summed E-state index contributed by atoms with van der Waals surface area (Å²) in [4.78, 5) is 3.78. The highest BCUT2D eigenvalue weighted by Gasteiger charge is 2.26. The Balaban J connectivity index is 2.52. The van der Waals surface area contributed by atoms with E-state index in [1.165, 1.54) is 4.90 Å². The van der Waals surface area contributed by atoms with Gasteiger partial charge in [0, 0.05) is 13.1 Å². The van der Waals surface area contributed by atoms with Crippen LogP contribution in [0, 0.1) is 23.5 Å². The van der Waals surface area contributed by atoms with Gasteiger partial charge in [-0.15, -0.1) is 0 Å². The molecule has 0 amide bonds. The third-order valence-corrected chi connectivity index (χ3v) is 2.40. The van der Waals surface area contributed by atoms with Gasteiger partial charge in [0.15, 0.2) is 0 Å². The van der Waals surface area contributed by atoms with E-state index in [4.69, 9.17) is 0 Å². The largest absolute Gasteiger partial charge is 0.367 e. The highest BCUT2D eigenvalue weighted by Crippen LogP contribution is 2.28. The first-order chi connectivity index (χ1) is 7.11. The minimum absolute atomic E-state index is 0.400. The zero-order chi connectivity index (χ0) is 11.0. The van der Waals surface area contributed by atoms with E-state index in [1.807, 2.05) is 0 Å². The number of aromatic nitrogens is 1. The fourth-order valence-corrected chi connectivity index (χ4v) is 1.69. The molecule has 0 aromatic carbocycles. The number of hydrogen-bond acceptors (Lipinski definition) is 2. The molecule has 0 aliphatic carbocycles. The van der Waals surface area contributed by atoms with Crippen molar-refractivity contribution in [1.29, 1.82) is 0 Å². The second-order valence-electron chi connectivity index (χ2n) is 3.36. The van der Waals surface area contributed by atoms with E-state index >= 15 is 0 Å². The third kappa shape index (κ3) is 1.64. The van der Waals surface area contributed by atoms with E-state index in [9.17, 15) is 17.6 Å². The molecular weight excluding hydrogens is 212 g/mol. The molecule has 2 rings (SSSR count). The topological polar surface area (TPSA) is 16.1 Å². The average molecular weight is 220 g/mol. The maximum atomic E-state index is 13.2. The lowest BCUT2D eigenvalue weighted by Gasteiger charge is -2.18. The Kier molecular flexibility index (Phi) is 2.50. The number of nitrogens with zero attached hydrogens (tertiary/aromatic N) is 2. The number of halogens is 4. The van der Waals surface area contributed by atoms with Crippen LogP contribution in [0.5, 0.6) is 0 Å². The van der Waals surface area contributed by atoms with Crippen molar-refractivity contribution in [2.45, 2.75) is 12.8 Å². The summed E-state index contributed by atoms with van der Waals surface area (Å²) in [6.07, 6.45) is 1.51. The van der Waals surface area contributed by atoms with Crippen molar-refractivity contribution in [3.63, 3.8) is 0 Å². The Hall–Kier alpha value is -1.33. The second-order valence-corrected chi connectivity index (χ2v) is 3.36. The van der Waals surface area contributed by atoms with E-state index in [0.717, 1.165) is 12.8 Å². The normalized spacial score (nSPS) is 16.1. The van der Waals surface area contributed by atoms with E-state index in [2.05, 4.69) is 4.98 Å². The van der Waals surface area contributed by atoms with Crippen LogP contribution in [-0.4, -0.2) is 18.1 Å². The van der Waals surface area contributed by atoms with Gasteiger partial charge in [-0.3, -0.25) is 0 Å². The van der Waals surface area contributed by atoms with Crippen LogP contribution in [-0.2, 0) is 0 Å². The zero-order valence-corrected chi connectivity index (χ0v) is 7.73. The smallest absolute Gasteiger partial charge is 0.253 e. The molecule has 1 aliphatic heterocycles. The quantitative estimate of drug-likeness (QED) is 0.533. The first-order valence-electron chi connectivity index (χ1n) is 4.56. The molecule has 1 aromatic heterocycles. The SMILES string of the molecule is Fc1nc(F)c(F)c(N2CCCC2)c1F. The summed E-state index contributed by atoms with van der Waals surface area (Å²) in [7, 11) is 0. The first-order valence-corrected chi connectivity index (χ1v) is 4.56. The lowest BCUT2D eigenvalue weighted by molar-refractivity contribution is 0.407. The van der Waals surface area contributed by atoms with Crippen molar-refractivity contribution >= 4 is 5.69 Å². The monoisotopic (exact) mass is 220 g/mol. The van der Waals surface area contributed by atoms with Crippen LogP contribution < -0.4 is 4.90 Å². The minimum Gasteiger partial charge on any atom is -0.367 e. The molecule has 0 saturated carbocycles. The molecule has 15 heavy (non-hydrogen) atoms. The highest BCUT2D eigenvalue weighted by atomic mass is 19.2. The van der Waals surface area contributed by atoms with E-state index < -0.39 is 29.2 Å². The zero-order valence-electron chi connectivity index (χ0n) is 7.73. The molecule has 0 unspecified atom stereocenters. The number of pyridine rings is 1. The van der Waals surface area contributed by atoms with E-state index in [1.54, 1.807) is 0 Å². The lowest BCUT2D eigenvalue weighted by atomic mass is 10.3. The molecule has 0 spiro atoms. The molecule has 0 bridgehead atoms. The Morgan fingerprint density at radius 1 is 0.867 bits per heavy atom. The fourth-order valence-electron chi connectivity index (χ4n) is 1.69. The molecule has 2 nitrogen and oxygen atoms in total. The summed E-state index contributed by atoms with van der Waals surface area (Å²) in [5.41, 5.74) is -0.641. The molecule has 2 heterocycles. The van der Waals surface area contributed by atoms with Crippen molar-refractivity contribution in [1.82, 2.24) is 4.98 Å². The van der Waals surface area contributed by atoms with Gasteiger partial charge in [-0.2, -0.15) is 22.5 Å². The molecule has 0 N–H and O–H groups in total. The number of rotatable bonds is 1. The predicted molar refractivity (Wildman–Crippen MR) is 45.5 cm³/mol. The number of hydrogen-bond donors (Lipinski definition) is 0. The minimum atomic E-state index is -1.60. The summed E-state index contributed by atoms with van der Waals surface area (Å²) in [5, 5.41) is 0. The van der Waals surface area contributed by atoms with Crippen molar-refractivity contribution in [2.24, 2.45) is 0 Å². The molecule has 0 atom stereocenters. The Morgan fingerprint density at radius 2 is 1.33 bits per heavy atom. The lowest BCUT2D eigenvalue weighted by Crippen LogP contribution is -2.22. The molecular formula is C9H8F4N2. The van der Waals surface area contributed by atoms with Crippen LogP contribution >= 0.6 is 0 Å². The van der Waals surface area contributed by atoms with Gasteiger partial charge >= 0.3 is 0 Å². The Morgan fingerprint density at radius 3 is 1.80 bits per heavy atom. The van der Waals surface area contributed by atoms with Crippen LogP contribution in [0.25, 0.3) is 0 Å². The third-order valence-electron chi connectivity index (χ3n) is 2.40. The van der Waals surface area contributed by atoms with Gasteiger partial charge in [0.05, 0.1) is 0 Å². The molecule has 6 heteroatoms. The number of anilines is 1. The molecule has 0 radical (unpaired) electrons. The van der Waals surface area contributed by atoms with Gasteiger partial charge in [0.25, 0.3) is 11.9 Å². The summed E-state index contributed by atoms with van der Waals surface area (Å²) in [6, 6.07) is 0. The highest BCUT2D eigenvalue weighted by molar-refractivity contribution is 5.49. The van der Waals surface area contributed by atoms with Crippen molar-refractivity contribution in [2.75, 3.05) is 18.0 Å². The second kappa shape index (κ2) is 3.67. The average Bonchev–Trinajstić information content (AvgIpc) is 2.69. The summed E-state index contributed by atoms with van der Waals surface area (Å²) < 4.78 is 51.9. The van der Waals surface area contributed by atoms with Crippen LogP contribution in [0.15, 0.2) is 0 Å². The summed E-state index contributed by atoms with van der Waals surface area (Å²) >= 11 is 0. The summed E-state index contributed by atoms with van der Waals surface area (Å²) in [6.45, 7) is 0.799. The van der Waals surface area contributed by atoms with Crippen LogP contribution in [0.2, 0.25) is 0 Å². The van der Waals surface area contributed by atoms with Crippen LogP contribution in [0.1, 0.15) is 12.8 Å². The maximum absolute atomic E-state index is 13.2. The Bertz CT molecular complexity index is 362. The van der Waals surface area contributed by atoms with E-state index in [0.29, 0.717) is 13.1 Å². The Labute approximate surface area is 83.5 Å². The molecule has 1 aromatic rings. The summed E-state index contributed by atoms with van der Waals surface area (Å²) in [5.74, 6) is -6.04. The standard InChI is InChI=1S/C9H8F4N2/c10-5-7(15-3-1-2-4-15)6(11)9(13)14-8(5)12/h1-4H2. The predicted octanol–water partition coefficient (Wildman–Crippen LogP) is 2.24. The molecule has 82 valence electrons. The van der Waals surface area contributed by atoms with Crippen molar-refractivity contribution in [3.05, 3.63) is 23.5 Å². The van der Waals surface area contributed by atoms with Crippen LogP contribution in [0.4, 0.5) is 23.2 Å². The van der Waals surface area contributed by atoms with Gasteiger partial charge in [-0.05, 0) is 12.8 Å². The van der Waals surface area contributed by atoms with Gasteiger partial charge in [-0.1, -0.05) is 0 Å². The molecule has 1 aliphatic rings. The van der Waals surface area contributed by atoms with E-state index in [-0.39, 0.29) is 0 Å². The molecule has 1 fully saturated rings.